The lowest BCUT2D eigenvalue weighted by atomic mass is 10.0. The van der Waals surface area contributed by atoms with Crippen molar-refractivity contribution in [3.05, 3.63) is 36.3 Å². The quantitative estimate of drug-likeness (QED) is 0.583. The number of nitrogens with two attached hydrogens (primary N) is 2. The van der Waals surface area contributed by atoms with E-state index in [1.54, 1.807) is 32.4 Å². The maximum Gasteiger partial charge on any atom is 0.413 e. The molecule has 160 valence electrons. The fourth-order valence-corrected chi connectivity index (χ4v) is 3.70. The van der Waals surface area contributed by atoms with Gasteiger partial charge < -0.3 is 21.1 Å². The van der Waals surface area contributed by atoms with Crippen LogP contribution in [0.1, 0.15) is 18.9 Å². The van der Waals surface area contributed by atoms with Gasteiger partial charge in [-0.1, -0.05) is 0 Å². The van der Waals surface area contributed by atoms with Crippen molar-refractivity contribution in [3.8, 4) is 11.3 Å². The highest BCUT2D eigenvalue weighted by molar-refractivity contribution is 5.96. The van der Waals surface area contributed by atoms with Gasteiger partial charge in [0.25, 0.3) is 0 Å². The Hall–Kier alpha value is -3.95. The zero-order valence-electron chi connectivity index (χ0n) is 17.5. The van der Waals surface area contributed by atoms with E-state index in [9.17, 15) is 9.59 Å². The molecule has 1 atom stereocenters. The fraction of sp³-hybridized carbons (Fsp3) is 0.286. The van der Waals surface area contributed by atoms with E-state index in [1.807, 2.05) is 13.0 Å². The van der Waals surface area contributed by atoms with Crippen LogP contribution in [0, 0.1) is 6.92 Å². The molecule has 1 saturated heterocycles. The van der Waals surface area contributed by atoms with Crippen LogP contribution in [0.5, 0.6) is 0 Å². The summed E-state index contributed by atoms with van der Waals surface area (Å²) in [5, 5.41) is 4.00. The average molecular weight is 421 g/mol. The molecule has 3 aromatic heterocycles. The number of likely N-dealkylation sites (N-methyl/N-ethyl adjacent to an activating group) is 1. The van der Waals surface area contributed by atoms with E-state index in [0.29, 0.717) is 29.1 Å². The summed E-state index contributed by atoms with van der Waals surface area (Å²) >= 11 is 0. The molecule has 2 amide bonds. The van der Waals surface area contributed by atoms with E-state index in [2.05, 4.69) is 20.3 Å². The number of hydrogen-bond acceptors (Lipinski definition) is 8. The molecule has 1 unspecified atom stereocenters. The molecule has 0 saturated carbocycles. The Morgan fingerprint density at radius 1 is 1.26 bits per heavy atom. The largest absolute Gasteiger partial charge is 0.441 e. The van der Waals surface area contributed by atoms with E-state index in [-0.39, 0.29) is 18.1 Å². The molecule has 0 radical (unpaired) electrons. The van der Waals surface area contributed by atoms with Gasteiger partial charge in [-0.15, -0.1) is 0 Å². The number of rotatable bonds is 3. The summed E-state index contributed by atoms with van der Waals surface area (Å²) in [5.41, 5.74) is 14.0. The van der Waals surface area contributed by atoms with Crippen LogP contribution < -0.4 is 16.8 Å². The molecular formula is C21H23N7O3. The van der Waals surface area contributed by atoms with E-state index >= 15 is 0 Å². The van der Waals surface area contributed by atoms with Gasteiger partial charge in [-0.3, -0.25) is 15.1 Å². The molecule has 10 nitrogen and oxygen atoms in total. The molecular weight excluding hydrogens is 398 g/mol. The Balaban J connectivity index is 1.61. The predicted molar refractivity (Wildman–Crippen MR) is 117 cm³/mol. The van der Waals surface area contributed by atoms with Crippen LogP contribution in [0.3, 0.4) is 0 Å². The molecule has 0 spiro atoms. The average Bonchev–Trinajstić information content (AvgIpc) is 2.94. The summed E-state index contributed by atoms with van der Waals surface area (Å²) in [4.78, 5) is 38.5. The lowest BCUT2D eigenvalue weighted by Gasteiger charge is -2.23. The summed E-state index contributed by atoms with van der Waals surface area (Å²) in [6.45, 7) is 3.95. The minimum Gasteiger partial charge on any atom is -0.441 e. The molecule has 0 aliphatic carbocycles. The fourth-order valence-electron chi connectivity index (χ4n) is 3.70. The molecule has 5 N–H and O–H groups in total. The number of aromatic nitrogens is 3. The Morgan fingerprint density at radius 3 is 2.74 bits per heavy atom. The van der Waals surface area contributed by atoms with Crippen LogP contribution >= 0.6 is 0 Å². The third kappa shape index (κ3) is 3.91. The number of hydrogen-bond donors (Lipinski definition) is 3. The minimum absolute atomic E-state index is 0.0685. The maximum absolute atomic E-state index is 12.4. The molecule has 4 rings (SSSR count). The lowest BCUT2D eigenvalue weighted by Crippen LogP contribution is -2.36. The second-order valence-corrected chi connectivity index (χ2v) is 7.98. The molecule has 1 aliphatic rings. The monoisotopic (exact) mass is 421 g/mol. The smallest absolute Gasteiger partial charge is 0.413 e. The van der Waals surface area contributed by atoms with Gasteiger partial charge in [0.1, 0.15) is 17.2 Å². The predicted octanol–water partition coefficient (Wildman–Crippen LogP) is 2.33. The molecule has 1 aliphatic heterocycles. The number of carbonyl (C=O) groups excluding carboxylic acids is 2. The van der Waals surface area contributed by atoms with Crippen LogP contribution in [-0.2, 0) is 9.53 Å². The number of fused-ring (bicyclic) bond motifs is 1. The van der Waals surface area contributed by atoms with Gasteiger partial charge in [-0.25, -0.2) is 14.8 Å². The molecule has 3 aromatic rings. The topological polar surface area (TPSA) is 149 Å². The zero-order chi connectivity index (χ0) is 22.3. The first-order valence-corrected chi connectivity index (χ1v) is 9.66. The maximum atomic E-state index is 12.4. The van der Waals surface area contributed by atoms with Gasteiger partial charge >= 0.3 is 6.09 Å². The van der Waals surface area contributed by atoms with Crippen molar-refractivity contribution in [2.75, 3.05) is 30.4 Å². The number of amides is 2. The van der Waals surface area contributed by atoms with Crippen molar-refractivity contribution in [2.45, 2.75) is 25.9 Å². The zero-order valence-corrected chi connectivity index (χ0v) is 17.5. The minimum atomic E-state index is -0.883. The molecule has 1 fully saturated rings. The van der Waals surface area contributed by atoms with E-state index in [4.69, 9.17) is 16.2 Å². The molecule has 10 heteroatoms. The molecule has 0 bridgehead atoms. The van der Waals surface area contributed by atoms with Crippen molar-refractivity contribution < 1.29 is 14.3 Å². The lowest BCUT2D eigenvalue weighted by molar-refractivity contribution is -0.126. The Kier molecular flexibility index (Phi) is 4.84. The van der Waals surface area contributed by atoms with Gasteiger partial charge in [-0.2, -0.15) is 0 Å². The van der Waals surface area contributed by atoms with E-state index in [0.717, 1.165) is 16.5 Å². The standard InChI is InChI=1S/C21H23N7O3/c1-11-13(7-24-9-15(11)22)16-4-12-5-17(25-8-14(12)19(23)26-16)27-20(30)31-21(2)6-18(29)28(3)10-21/h4-5,7-9H,6,10,22H2,1-3H3,(H2,23,26)(H,25,27,30). The third-order valence-corrected chi connectivity index (χ3v) is 5.37. The Bertz CT molecular complexity index is 1210. The van der Waals surface area contributed by atoms with Crippen molar-refractivity contribution in [1.29, 1.82) is 0 Å². The van der Waals surface area contributed by atoms with Gasteiger partial charge in [-0.05, 0) is 36.9 Å². The summed E-state index contributed by atoms with van der Waals surface area (Å²) in [6.07, 6.45) is 4.25. The summed E-state index contributed by atoms with van der Waals surface area (Å²) in [6, 6.07) is 3.51. The first-order chi connectivity index (χ1) is 14.6. The van der Waals surface area contributed by atoms with Crippen LogP contribution in [0.4, 0.5) is 22.1 Å². The normalized spacial score (nSPS) is 18.4. The third-order valence-electron chi connectivity index (χ3n) is 5.37. The van der Waals surface area contributed by atoms with Gasteiger partial charge in [0.05, 0.1) is 30.5 Å². The Morgan fingerprint density at radius 2 is 2.03 bits per heavy atom. The van der Waals surface area contributed by atoms with Crippen LogP contribution in [-0.4, -0.2) is 51.0 Å². The summed E-state index contributed by atoms with van der Waals surface area (Å²) in [5.74, 6) is 0.523. The van der Waals surface area contributed by atoms with Crippen molar-refractivity contribution in [1.82, 2.24) is 19.9 Å². The molecule has 0 aromatic carbocycles. The van der Waals surface area contributed by atoms with Gasteiger partial charge in [0.2, 0.25) is 5.91 Å². The number of anilines is 3. The van der Waals surface area contributed by atoms with Crippen molar-refractivity contribution in [3.63, 3.8) is 0 Å². The van der Waals surface area contributed by atoms with Crippen LogP contribution in [0.25, 0.3) is 22.0 Å². The summed E-state index contributed by atoms with van der Waals surface area (Å²) < 4.78 is 5.49. The van der Waals surface area contributed by atoms with E-state index in [1.165, 1.54) is 11.1 Å². The van der Waals surface area contributed by atoms with Gasteiger partial charge in [0, 0.05) is 30.4 Å². The number of nitrogen functional groups attached to an aromatic ring is 2. The number of carbonyl (C=O) groups is 2. The first-order valence-electron chi connectivity index (χ1n) is 9.66. The highest BCUT2D eigenvalue weighted by Gasteiger charge is 2.41. The highest BCUT2D eigenvalue weighted by atomic mass is 16.6. The highest BCUT2D eigenvalue weighted by Crippen LogP contribution is 2.30. The van der Waals surface area contributed by atoms with Crippen LogP contribution in [0.15, 0.2) is 30.7 Å². The number of pyridine rings is 3. The number of likely N-dealkylation sites (tertiary alicyclic amines) is 1. The van der Waals surface area contributed by atoms with Crippen molar-refractivity contribution >= 4 is 40.1 Å². The second-order valence-electron chi connectivity index (χ2n) is 7.98. The summed E-state index contributed by atoms with van der Waals surface area (Å²) in [7, 11) is 1.67. The number of ether oxygens (including phenoxy) is 1. The first kappa shape index (κ1) is 20.3. The van der Waals surface area contributed by atoms with Gasteiger partial charge in [0.15, 0.2) is 0 Å². The molecule has 4 heterocycles. The van der Waals surface area contributed by atoms with Crippen LogP contribution in [0.2, 0.25) is 0 Å². The van der Waals surface area contributed by atoms with E-state index < -0.39 is 11.7 Å². The second kappa shape index (κ2) is 7.38. The Labute approximate surface area is 178 Å². The number of nitrogens with zero attached hydrogens (tertiary/aromatic N) is 4. The number of nitrogens with one attached hydrogen (secondary N) is 1. The van der Waals surface area contributed by atoms with Crippen molar-refractivity contribution in [2.24, 2.45) is 0 Å². The molecule has 31 heavy (non-hydrogen) atoms. The SMILES string of the molecule is Cc1c(N)cncc1-c1cc2cc(NC(=O)OC3(C)CC(=O)N(C)C3)ncc2c(N)n1.